The minimum Gasteiger partial charge on any atom is -0.359 e. The van der Waals surface area contributed by atoms with Crippen molar-refractivity contribution in [3.05, 3.63) is 34.6 Å². The van der Waals surface area contributed by atoms with Gasteiger partial charge < -0.3 is 20.9 Å². The summed E-state index contributed by atoms with van der Waals surface area (Å²) >= 11 is 5.70. The van der Waals surface area contributed by atoms with Crippen molar-refractivity contribution in [2.45, 2.75) is 19.0 Å². The number of nitrogens with one attached hydrogen (secondary N) is 3. The maximum atomic E-state index is 13.8. The van der Waals surface area contributed by atoms with Crippen LogP contribution in [0.15, 0.2) is 18.2 Å². The Morgan fingerprint density at radius 1 is 1.46 bits per heavy atom. The molecule has 9 heteroatoms. The van der Waals surface area contributed by atoms with Crippen LogP contribution in [0.2, 0.25) is 5.02 Å². The summed E-state index contributed by atoms with van der Waals surface area (Å²) in [6.45, 7) is 0.481. The molecule has 0 saturated carbocycles. The summed E-state index contributed by atoms with van der Waals surface area (Å²) in [6.07, 6.45) is -0.138. The summed E-state index contributed by atoms with van der Waals surface area (Å²) in [7, 11) is 1.45. The van der Waals surface area contributed by atoms with Crippen molar-refractivity contribution < 1.29 is 18.8 Å². The minimum atomic E-state index is -0.900. The molecule has 130 valence electrons. The quantitative estimate of drug-likeness (QED) is 0.739. The number of urea groups is 1. The van der Waals surface area contributed by atoms with Gasteiger partial charge in [-0.05, 0) is 6.07 Å². The van der Waals surface area contributed by atoms with E-state index in [0.29, 0.717) is 6.54 Å². The standard InChI is InChI=1S/C15H18ClFN4O3/c1-18-12(22)7-11-14(23)19-5-6-21(11)15(24)20-8-9-3-2-4-10(16)13(9)17/h2-4,11H,5-8H2,1H3,(H,18,22)(H,19,23)(H,20,24). The van der Waals surface area contributed by atoms with Crippen LogP contribution >= 0.6 is 11.6 Å². The zero-order valence-corrected chi connectivity index (χ0v) is 13.8. The molecule has 1 aromatic carbocycles. The lowest BCUT2D eigenvalue weighted by Gasteiger charge is -2.34. The Kier molecular flexibility index (Phi) is 5.97. The average molecular weight is 357 g/mol. The molecule has 0 bridgehead atoms. The number of carbonyl (C=O) groups excluding carboxylic acids is 3. The average Bonchev–Trinajstić information content (AvgIpc) is 2.57. The predicted molar refractivity (Wildman–Crippen MR) is 85.8 cm³/mol. The van der Waals surface area contributed by atoms with Gasteiger partial charge in [0.15, 0.2) is 0 Å². The Hall–Kier alpha value is -2.35. The van der Waals surface area contributed by atoms with Gasteiger partial charge in [-0.1, -0.05) is 23.7 Å². The monoisotopic (exact) mass is 356 g/mol. The number of carbonyl (C=O) groups is 3. The van der Waals surface area contributed by atoms with Gasteiger partial charge >= 0.3 is 6.03 Å². The van der Waals surface area contributed by atoms with Gasteiger partial charge in [0, 0.05) is 32.2 Å². The van der Waals surface area contributed by atoms with E-state index in [-0.39, 0.29) is 36.0 Å². The van der Waals surface area contributed by atoms with E-state index in [1.807, 2.05) is 0 Å². The molecule has 2 rings (SSSR count). The van der Waals surface area contributed by atoms with E-state index in [0.717, 1.165) is 0 Å². The van der Waals surface area contributed by atoms with E-state index in [1.54, 1.807) is 6.07 Å². The summed E-state index contributed by atoms with van der Waals surface area (Å²) in [5.74, 6) is -1.34. The maximum absolute atomic E-state index is 13.8. The molecule has 4 amide bonds. The Labute approximate surface area is 143 Å². The number of benzene rings is 1. The van der Waals surface area contributed by atoms with Crippen molar-refractivity contribution in [1.29, 1.82) is 0 Å². The van der Waals surface area contributed by atoms with E-state index >= 15 is 0 Å². The van der Waals surface area contributed by atoms with Gasteiger partial charge in [0.25, 0.3) is 0 Å². The first-order valence-corrected chi connectivity index (χ1v) is 7.77. The van der Waals surface area contributed by atoms with E-state index < -0.39 is 23.8 Å². The molecule has 3 N–H and O–H groups in total. The highest BCUT2D eigenvalue weighted by Crippen LogP contribution is 2.18. The zero-order chi connectivity index (χ0) is 17.7. The molecule has 1 atom stereocenters. The molecule has 0 radical (unpaired) electrons. The molecule has 1 saturated heterocycles. The molecule has 0 aromatic heterocycles. The van der Waals surface area contributed by atoms with Crippen molar-refractivity contribution in [2.75, 3.05) is 20.1 Å². The number of hydrogen-bond donors (Lipinski definition) is 3. The smallest absolute Gasteiger partial charge is 0.318 e. The van der Waals surface area contributed by atoms with Crippen LogP contribution < -0.4 is 16.0 Å². The van der Waals surface area contributed by atoms with Crippen molar-refractivity contribution >= 4 is 29.4 Å². The summed E-state index contributed by atoms with van der Waals surface area (Å²) < 4.78 is 13.8. The second kappa shape index (κ2) is 7.96. The number of piperazine rings is 1. The number of amides is 4. The normalized spacial score (nSPS) is 17.2. The van der Waals surface area contributed by atoms with Crippen LogP contribution in [0.5, 0.6) is 0 Å². The van der Waals surface area contributed by atoms with Crippen LogP contribution in [0.25, 0.3) is 0 Å². The van der Waals surface area contributed by atoms with Gasteiger partial charge in [0.2, 0.25) is 11.8 Å². The fourth-order valence-electron chi connectivity index (χ4n) is 2.40. The van der Waals surface area contributed by atoms with Gasteiger partial charge in [0.05, 0.1) is 11.4 Å². The fourth-order valence-corrected chi connectivity index (χ4v) is 2.59. The molecule has 24 heavy (non-hydrogen) atoms. The first-order chi connectivity index (χ1) is 11.4. The lowest BCUT2D eigenvalue weighted by atomic mass is 10.1. The fraction of sp³-hybridized carbons (Fsp3) is 0.400. The summed E-state index contributed by atoms with van der Waals surface area (Å²) in [5.41, 5.74) is 0.236. The lowest BCUT2D eigenvalue weighted by Crippen LogP contribution is -2.60. The number of hydrogen-bond acceptors (Lipinski definition) is 3. The van der Waals surface area contributed by atoms with E-state index in [9.17, 15) is 18.8 Å². The summed E-state index contributed by atoms with van der Waals surface area (Å²) in [4.78, 5) is 37.1. The molecule has 1 fully saturated rings. The first kappa shape index (κ1) is 18.0. The predicted octanol–water partition coefficient (Wildman–Crippen LogP) is 0.625. The molecule has 7 nitrogen and oxygen atoms in total. The Bertz CT molecular complexity index is 656. The van der Waals surface area contributed by atoms with Crippen molar-refractivity contribution in [3.63, 3.8) is 0 Å². The maximum Gasteiger partial charge on any atom is 0.318 e. The van der Waals surface area contributed by atoms with Crippen LogP contribution in [0, 0.1) is 5.82 Å². The van der Waals surface area contributed by atoms with Crippen molar-refractivity contribution in [3.8, 4) is 0 Å². The van der Waals surface area contributed by atoms with Gasteiger partial charge in [-0.3, -0.25) is 9.59 Å². The molecule has 1 aromatic rings. The van der Waals surface area contributed by atoms with Gasteiger partial charge in [-0.25, -0.2) is 9.18 Å². The third kappa shape index (κ3) is 4.14. The molecule has 1 aliphatic rings. The topological polar surface area (TPSA) is 90.5 Å². The second-order valence-electron chi connectivity index (χ2n) is 5.25. The van der Waals surface area contributed by atoms with Gasteiger partial charge in [-0.15, -0.1) is 0 Å². The van der Waals surface area contributed by atoms with Crippen LogP contribution in [0.1, 0.15) is 12.0 Å². The van der Waals surface area contributed by atoms with Crippen LogP contribution in [-0.2, 0) is 16.1 Å². The SMILES string of the molecule is CNC(=O)CC1C(=O)NCCN1C(=O)NCc1cccc(Cl)c1F. The van der Waals surface area contributed by atoms with E-state index in [4.69, 9.17) is 11.6 Å². The summed E-state index contributed by atoms with van der Waals surface area (Å²) in [5, 5.41) is 7.57. The van der Waals surface area contributed by atoms with Gasteiger partial charge in [-0.2, -0.15) is 0 Å². The number of rotatable bonds is 4. The molecular formula is C15H18ClFN4O3. The second-order valence-corrected chi connectivity index (χ2v) is 5.66. The largest absolute Gasteiger partial charge is 0.359 e. The molecule has 1 heterocycles. The number of halogens is 2. The van der Waals surface area contributed by atoms with Crippen LogP contribution in [0.4, 0.5) is 9.18 Å². The van der Waals surface area contributed by atoms with E-state index in [2.05, 4.69) is 16.0 Å². The van der Waals surface area contributed by atoms with E-state index in [1.165, 1.54) is 24.1 Å². The Morgan fingerprint density at radius 2 is 2.21 bits per heavy atom. The third-order valence-electron chi connectivity index (χ3n) is 3.71. The lowest BCUT2D eigenvalue weighted by molar-refractivity contribution is -0.132. The van der Waals surface area contributed by atoms with Crippen molar-refractivity contribution in [2.24, 2.45) is 0 Å². The molecule has 1 unspecified atom stereocenters. The zero-order valence-electron chi connectivity index (χ0n) is 13.1. The molecular weight excluding hydrogens is 339 g/mol. The Morgan fingerprint density at radius 3 is 2.92 bits per heavy atom. The minimum absolute atomic E-state index is 0.0309. The number of nitrogens with zero attached hydrogens (tertiary/aromatic N) is 1. The van der Waals surface area contributed by atoms with Crippen LogP contribution in [-0.4, -0.2) is 48.9 Å². The summed E-state index contributed by atoms with van der Waals surface area (Å²) in [6, 6.07) is 3.06. The highest BCUT2D eigenvalue weighted by atomic mass is 35.5. The Balaban J connectivity index is 2.04. The van der Waals surface area contributed by atoms with Crippen molar-refractivity contribution in [1.82, 2.24) is 20.9 Å². The van der Waals surface area contributed by atoms with Crippen LogP contribution in [0.3, 0.4) is 0 Å². The highest BCUT2D eigenvalue weighted by molar-refractivity contribution is 6.30. The van der Waals surface area contributed by atoms with Gasteiger partial charge in [0.1, 0.15) is 11.9 Å². The molecule has 0 spiro atoms. The third-order valence-corrected chi connectivity index (χ3v) is 4.00. The first-order valence-electron chi connectivity index (χ1n) is 7.39. The highest BCUT2D eigenvalue weighted by Gasteiger charge is 2.34. The molecule has 1 aliphatic heterocycles. The molecule has 0 aliphatic carbocycles.